The third kappa shape index (κ3) is 5.86. The molecule has 4 rings (SSSR count). The minimum absolute atomic E-state index is 0.0261. The van der Waals surface area contributed by atoms with Crippen LogP contribution in [-0.2, 0) is 9.53 Å². The smallest absolute Gasteiger partial charge is 0.259 e. The number of carbonyl (C=O) groups excluding carboxylic acids is 2. The molecule has 8 nitrogen and oxygen atoms in total. The van der Waals surface area contributed by atoms with E-state index in [0.29, 0.717) is 37.7 Å². The van der Waals surface area contributed by atoms with Crippen LogP contribution in [0.1, 0.15) is 68.3 Å². The number of aliphatic hydroxyl groups is 1. The summed E-state index contributed by atoms with van der Waals surface area (Å²) in [7, 11) is 1.82. The van der Waals surface area contributed by atoms with E-state index in [9.17, 15) is 14.7 Å². The Balaban J connectivity index is 1.62. The van der Waals surface area contributed by atoms with Gasteiger partial charge in [0.25, 0.3) is 5.91 Å². The second-order valence-electron chi connectivity index (χ2n) is 10.3. The molecule has 0 spiro atoms. The Morgan fingerprint density at radius 3 is 2.77 bits per heavy atom. The molecule has 3 aliphatic rings. The summed E-state index contributed by atoms with van der Waals surface area (Å²) in [4.78, 5) is 34.8. The number of nitrogens with zero attached hydrogens (tertiary/aromatic N) is 3. The Kier molecular flexibility index (Phi) is 8.44. The molecule has 35 heavy (non-hydrogen) atoms. The number of carbonyl (C=O) groups is 2. The predicted octanol–water partition coefficient (Wildman–Crippen LogP) is 3.14. The van der Waals surface area contributed by atoms with Gasteiger partial charge in [0.1, 0.15) is 11.7 Å². The van der Waals surface area contributed by atoms with Crippen molar-refractivity contribution in [2.45, 2.75) is 64.5 Å². The van der Waals surface area contributed by atoms with E-state index >= 15 is 0 Å². The third-order valence-corrected chi connectivity index (χ3v) is 7.58. The SMILES string of the molecule is C[C@H]1CN([C@@H](C)CO)C(=O)c2cc(C3=CCCCC3)cnc2O[C@@H]1CN(C)C(=O)C1CCOCC1. The molecule has 1 aromatic heterocycles. The maximum atomic E-state index is 13.6. The highest BCUT2D eigenvalue weighted by molar-refractivity contribution is 5.97. The minimum Gasteiger partial charge on any atom is -0.472 e. The van der Waals surface area contributed by atoms with E-state index < -0.39 is 0 Å². The maximum Gasteiger partial charge on any atom is 0.259 e. The van der Waals surface area contributed by atoms with Gasteiger partial charge in [-0.1, -0.05) is 13.0 Å². The lowest BCUT2D eigenvalue weighted by atomic mass is 9.93. The molecule has 0 aromatic carbocycles. The van der Waals surface area contributed by atoms with Crippen LogP contribution in [0, 0.1) is 11.8 Å². The summed E-state index contributed by atoms with van der Waals surface area (Å²) < 4.78 is 11.8. The van der Waals surface area contributed by atoms with Gasteiger partial charge in [0.05, 0.1) is 19.2 Å². The number of aliphatic hydroxyl groups excluding tert-OH is 1. The van der Waals surface area contributed by atoms with Crippen LogP contribution in [0.2, 0.25) is 0 Å². The highest BCUT2D eigenvalue weighted by Crippen LogP contribution is 2.32. The van der Waals surface area contributed by atoms with Crippen LogP contribution < -0.4 is 4.74 Å². The minimum atomic E-state index is -0.337. The summed E-state index contributed by atoms with van der Waals surface area (Å²) in [6, 6.07) is 1.55. The van der Waals surface area contributed by atoms with Gasteiger partial charge < -0.3 is 24.4 Å². The first-order valence-corrected chi connectivity index (χ1v) is 13.0. The lowest BCUT2D eigenvalue weighted by Gasteiger charge is -2.38. The van der Waals surface area contributed by atoms with Gasteiger partial charge in [-0.15, -0.1) is 0 Å². The molecule has 0 radical (unpaired) electrons. The predicted molar refractivity (Wildman–Crippen MR) is 133 cm³/mol. The number of hydrogen-bond donors (Lipinski definition) is 1. The number of allylic oxidation sites excluding steroid dienone is 2. The van der Waals surface area contributed by atoms with Crippen molar-refractivity contribution in [1.29, 1.82) is 0 Å². The molecule has 3 heterocycles. The second kappa shape index (κ2) is 11.5. The Bertz CT molecular complexity index is 943. The van der Waals surface area contributed by atoms with Gasteiger partial charge in [-0.05, 0) is 62.7 Å². The zero-order valence-corrected chi connectivity index (χ0v) is 21.2. The number of aromatic nitrogens is 1. The summed E-state index contributed by atoms with van der Waals surface area (Å²) in [5, 5.41) is 9.88. The van der Waals surface area contributed by atoms with Crippen molar-refractivity contribution >= 4 is 17.4 Å². The average Bonchev–Trinajstić information content (AvgIpc) is 2.90. The molecule has 0 saturated carbocycles. The monoisotopic (exact) mass is 485 g/mol. The highest BCUT2D eigenvalue weighted by atomic mass is 16.5. The Morgan fingerprint density at radius 2 is 2.09 bits per heavy atom. The molecule has 0 unspecified atom stereocenters. The van der Waals surface area contributed by atoms with Crippen LogP contribution in [-0.4, -0.2) is 83.8 Å². The van der Waals surface area contributed by atoms with Crippen LogP contribution in [0.5, 0.6) is 5.88 Å². The molecule has 2 aliphatic heterocycles. The molecule has 192 valence electrons. The largest absolute Gasteiger partial charge is 0.472 e. The number of likely N-dealkylation sites (N-methyl/N-ethyl adjacent to an activating group) is 1. The van der Waals surface area contributed by atoms with Crippen molar-refractivity contribution in [3.05, 3.63) is 29.5 Å². The lowest BCUT2D eigenvalue weighted by molar-refractivity contribution is -0.138. The number of rotatable bonds is 6. The molecule has 3 atom stereocenters. The van der Waals surface area contributed by atoms with E-state index in [1.807, 2.05) is 27.0 Å². The number of pyridine rings is 1. The summed E-state index contributed by atoms with van der Waals surface area (Å²) in [6.07, 6.45) is 9.51. The van der Waals surface area contributed by atoms with E-state index in [1.54, 1.807) is 16.0 Å². The number of fused-ring (bicyclic) bond motifs is 1. The molecule has 2 amide bonds. The van der Waals surface area contributed by atoms with Crippen LogP contribution >= 0.6 is 0 Å². The number of hydrogen-bond acceptors (Lipinski definition) is 6. The van der Waals surface area contributed by atoms with Crippen LogP contribution in [0.25, 0.3) is 5.57 Å². The molecule has 1 N–H and O–H groups in total. The normalized spacial score (nSPS) is 24.5. The average molecular weight is 486 g/mol. The van der Waals surface area contributed by atoms with E-state index in [0.717, 1.165) is 37.7 Å². The standard InChI is InChI=1S/C27H39N3O5/c1-18-15-30(19(2)17-31)27(33)23-13-22(20-7-5-4-6-8-20)14-28-25(23)35-24(18)16-29(3)26(32)21-9-11-34-12-10-21/h7,13-14,18-19,21,24,31H,4-6,8-12,15-17H2,1-3H3/t18-,19-,24+/m0/s1. The fourth-order valence-electron chi connectivity index (χ4n) is 5.21. The van der Waals surface area contributed by atoms with Gasteiger partial charge in [-0.2, -0.15) is 0 Å². The van der Waals surface area contributed by atoms with Crippen molar-refractivity contribution in [2.75, 3.05) is 40.0 Å². The van der Waals surface area contributed by atoms with Gasteiger partial charge in [0, 0.05) is 44.8 Å². The van der Waals surface area contributed by atoms with Gasteiger partial charge in [-0.25, -0.2) is 4.98 Å². The van der Waals surface area contributed by atoms with Gasteiger partial charge in [0.15, 0.2) is 0 Å². The van der Waals surface area contributed by atoms with Crippen molar-refractivity contribution in [1.82, 2.24) is 14.8 Å². The van der Waals surface area contributed by atoms with E-state index in [4.69, 9.17) is 9.47 Å². The molecule has 1 saturated heterocycles. The fourth-order valence-corrected chi connectivity index (χ4v) is 5.21. The summed E-state index contributed by atoms with van der Waals surface area (Å²) >= 11 is 0. The Labute approximate surface area is 208 Å². The van der Waals surface area contributed by atoms with Crippen LogP contribution in [0.3, 0.4) is 0 Å². The summed E-state index contributed by atoms with van der Waals surface area (Å²) in [6.45, 7) is 5.81. The number of amides is 2. The topological polar surface area (TPSA) is 92.2 Å². The number of ether oxygens (including phenoxy) is 2. The molecule has 1 aliphatic carbocycles. The molecule has 1 aromatic rings. The van der Waals surface area contributed by atoms with Crippen molar-refractivity contribution in [3.63, 3.8) is 0 Å². The maximum absolute atomic E-state index is 13.6. The molecular weight excluding hydrogens is 446 g/mol. The zero-order chi connectivity index (χ0) is 24.9. The van der Waals surface area contributed by atoms with Gasteiger partial charge in [-0.3, -0.25) is 9.59 Å². The van der Waals surface area contributed by atoms with Gasteiger partial charge >= 0.3 is 0 Å². The van der Waals surface area contributed by atoms with Crippen LogP contribution in [0.15, 0.2) is 18.3 Å². The zero-order valence-electron chi connectivity index (χ0n) is 21.2. The summed E-state index contributed by atoms with van der Waals surface area (Å²) in [5.41, 5.74) is 2.59. The Hall–Kier alpha value is -2.45. The third-order valence-electron chi connectivity index (χ3n) is 7.58. The molecular formula is C27H39N3O5. The van der Waals surface area contributed by atoms with Crippen molar-refractivity contribution in [3.8, 4) is 5.88 Å². The quantitative estimate of drug-likeness (QED) is 0.666. The fraction of sp³-hybridized carbons (Fsp3) is 0.667. The lowest BCUT2D eigenvalue weighted by Crippen LogP contribution is -2.51. The van der Waals surface area contributed by atoms with E-state index in [2.05, 4.69) is 11.1 Å². The first kappa shape index (κ1) is 25.6. The first-order valence-electron chi connectivity index (χ1n) is 13.0. The van der Waals surface area contributed by atoms with Crippen molar-refractivity contribution in [2.24, 2.45) is 11.8 Å². The van der Waals surface area contributed by atoms with E-state index in [1.165, 1.54) is 12.0 Å². The first-order chi connectivity index (χ1) is 16.9. The van der Waals surface area contributed by atoms with Gasteiger partial charge in [0.2, 0.25) is 11.8 Å². The van der Waals surface area contributed by atoms with Crippen LogP contribution in [0.4, 0.5) is 0 Å². The molecule has 0 bridgehead atoms. The second-order valence-corrected chi connectivity index (χ2v) is 10.3. The molecule has 8 heteroatoms. The summed E-state index contributed by atoms with van der Waals surface area (Å²) in [5.74, 6) is 0.143. The highest BCUT2D eigenvalue weighted by Gasteiger charge is 2.35. The van der Waals surface area contributed by atoms with Crippen molar-refractivity contribution < 1.29 is 24.2 Å². The molecule has 1 fully saturated rings. The Morgan fingerprint density at radius 1 is 1.31 bits per heavy atom. The van der Waals surface area contributed by atoms with E-state index in [-0.39, 0.29) is 42.4 Å².